The van der Waals surface area contributed by atoms with Gasteiger partial charge in [-0.05, 0) is 42.5 Å². The zero-order valence-corrected chi connectivity index (χ0v) is 21.2. The van der Waals surface area contributed by atoms with E-state index in [0.29, 0.717) is 60.0 Å². The minimum Gasteiger partial charge on any atom is -0.366 e. The van der Waals surface area contributed by atoms with E-state index in [9.17, 15) is 14.4 Å². The van der Waals surface area contributed by atoms with Gasteiger partial charge in [0.05, 0.1) is 11.1 Å². The van der Waals surface area contributed by atoms with Crippen LogP contribution in [0.3, 0.4) is 0 Å². The third kappa shape index (κ3) is 5.47. The lowest BCUT2D eigenvalue weighted by Gasteiger charge is -2.35. The molecular formula is C28H26FN7O3. The third-order valence-corrected chi connectivity index (χ3v) is 6.48. The Hall–Kier alpha value is -5.06. The smallest absolute Gasteiger partial charge is 0.247 e. The molecule has 2 aromatic heterocycles. The van der Waals surface area contributed by atoms with E-state index in [4.69, 9.17) is 0 Å². The molecule has 1 aliphatic heterocycles. The first-order chi connectivity index (χ1) is 18.8. The highest BCUT2D eigenvalue weighted by Gasteiger charge is 2.21. The molecule has 1 fully saturated rings. The highest BCUT2D eigenvalue weighted by Crippen LogP contribution is 2.26. The summed E-state index contributed by atoms with van der Waals surface area (Å²) in [5, 5.41) is 6.03. The summed E-state index contributed by atoms with van der Waals surface area (Å²) in [6.07, 6.45) is 4.19. The molecule has 0 spiro atoms. The molecule has 3 heterocycles. The number of carbonyl (C=O) groups is 2. The Bertz CT molecular complexity index is 1640. The molecule has 39 heavy (non-hydrogen) atoms. The fourth-order valence-corrected chi connectivity index (χ4v) is 4.46. The predicted octanol–water partition coefficient (Wildman–Crippen LogP) is 3.46. The van der Waals surface area contributed by atoms with E-state index in [1.54, 1.807) is 46.0 Å². The van der Waals surface area contributed by atoms with Crippen LogP contribution >= 0.6 is 0 Å². The summed E-state index contributed by atoms with van der Waals surface area (Å²) < 4.78 is 16.8. The number of halogens is 1. The van der Waals surface area contributed by atoms with Crippen molar-refractivity contribution < 1.29 is 14.0 Å². The number of piperazine rings is 1. The summed E-state index contributed by atoms with van der Waals surface area (Å²) in [6, 6.07) is 13.2. The summed E-state index contributed by atoms with van der Waals surface area (Å²) >= 11 is 0. The lowest BCUT2D eigenvalue weighted by Crippen LogP contribution is -2.48. The molecule has 198 valence electrons. The maximum absolute atomic E-state index is 15.1. The molecule has 2 aromatic carbocycles. The molecule has 10 nitrogen and oxygen atoms in total. The second-order valence-electron chi connectivity index (χ2n) is 9.01. The number of aromatic nitrogens is 3. The van der Waals surface area contributed by atoms with Crippen molar-refractivity contribution in [1.29, 1.82) is 0 Å². The van der Waals surface area contributed by atoms with Gasteiger partial charge >= 0.3 is 0 Å². The minimum absolute atomic E-state index is 0.0163. The van der Waals surface area contributed by atoms with Crippen LogP contribution in [0.1, 0.15) is 6.92 Å². The van der Waals surface area contributed by atoms with Crippen LogP contribution in [0.25, 0.3) is 16.7 Å². The summed E-state index contributed by atoms with van der Waals surface area (Å²) in [5.74, 6) is -0.558. The molecule has 0 bridgehead atoms. The molecular weight excluding hydrogens is 501 g/mol. The van der Waals surface area contributed by atoms with Crippen LogP contribution in [0.5, 0.6) is 0 Å². The van der Waals surface area contributed by atoms with Crippen molar-refractivity contribution in [3.05, 3.63) is 89.6 Å². The third-order valence-electron chi connectivity index (χ3n) is 6.48. The number of rotatable bonds is 6. The molecule has 2 amide bonds. The SMILES string of the molecule is C=CC(=O)Nc1cccc(-n2ccc(=O)c3cnc(Nc4ccc(N5CCN(C(C)=O)CC5)c(F)c4)nc32)c1. The van der Waals surface area contributed by atoms with Gasteiger partial charge < -0.3 is 25.0 Å². The van der Waals surface area contributed by atoms with E-state index in [1.165, 1.54) is 31.3 Å². The first-order valence-electron chi connectivity index (χ1n) is 12.3. The number of amides is 2. The van der Waals surface area contributed by atoms with E-state index >= 15 is 4.39 Å². The molecule has 0 unspecified atom stereocenters. The van der Waals surface area contributed by atoms with E-state index in [-0.39, 0.29) is 23.2 Å². The van der Waals surface area contributed by atoms with Gasteiger partial charge in [0, 0.05) is 68.6 Å². The Labute approximate surface area is 223 Å². The van der Waals surface area contributed by atoms with Crippen LogP contribution in [-0.2, 0) is 9.59 Å². The maximum Gasteiger partial charge on any atom is 0.247 e. The maximum atomic E-state index is 15.1. The number of fused-ring (bicyclic) bond motifs is 1. The van der Waals surface area contributed by atoms with Crippen molar-refractivity contribution in [3.8, 4) is 5.69 Å². The Morgan fingerprint density at radius 1 is 1.05 bits per heavy atom. The number of carbonyl (C=O) groups excluding carboxylic acids is 2. The second-order valence-corrected chi connectivity index (χ2v) is 9.01. The zero-order valence-electron chi connectivity index (χ0n) is 21.2. The van der Waals surface area contributed by atoms with Crippen LogP contribution < -0.4 is 21.0 Å². The summed E-state index contributed by atoms with van der Waals surface area (Å²) in [7, 11) is 0. The van der Waals surface area contributed by atoms with Crippen LogP contribution in [0.15, 0.2) is 78.4 Å². The van der Waals surface area contributed by atoms with Gasteiger partial charge in [0.15, 0.2) is 11.1 Å². The monoisotopic (exact) mass is 527 g/mol. The normalized spacial score (nSPS) is 13.3. The van der Waals surface area contributed by atoms with Crippen LogP contribution in [0.4, 0.5) is 27.4 Å². The van der Waals surface area contributed by atoms with Crippen molar-refractivity contribution in [2.45, 2.75) is 6.92 Å². The molecule has 0 saturated carbocycles. The number of nitrogens with one attached hydrogen (secondary N) is 2. The molecule has 11 heteroatoms. The highest BCUT2D eigenvalue weighted by atomic mass is 19.1. The quantitative estimate of drug-likeness (QED) is 0.370. The summed E-state index contributed by atoms with van der Waals surface area (Å²) in [5.41, 5.74) is 2.20. The molecule has 0 aliphatic carbocycles. The molecule has 1 aliphatic rings. The van der Waals surface area contributed by atoms with Crippen molar-refractivity contribution in [1.82, 2.24) is 19.4 Å². The van der Waals surface area contributed by atoms with Gasteiger partial charge in [0.2, 0.25) is 17.8 Å². The van der Waals surface area contributed by atoms with Crippen molar-refractivity contribution in [2.75, 3.05) is 41.7 Å². The van der Waals surface area contributed by atoms with E-state index in [0.717, 1.165) is 0 Å². The number of benzene rings is 2. The lowest BCUT2D eigenvalue weighted by atomic mass is 10.2. The molecule has 0 radical (unpaired) electrons. The van der Waals surface area contributed by atoms with Crippen LogP contribution in [0.2, 0.25) is 0 Å². The number of hydrogen-bond donors (Lipinski definition) is 2. The van der Waals surface area contributed by atoms with Crippen LogP contribution in [0, 0.1) is 5.82 Å². The van der Waals surface area contributed by atoms with Crippen molar-refractivity contribution >= 4 is 45.9 Å². The van der Waals surface area contributed by atoms with Crippen molar-refractivity contribution in [3.63, 3.8) is 0 Å². The number of pyridine rings is 1. The average molecular weight is 528 g/mol. The Morgan fingerprint density at radius 2 is 1.85 bits per heavy atom. The zero-order chi connectivity index (χ0) is 27.5. The standard InChI is InChI=1S/C28H26FN7O3/c1-3-26(39)31-19-5-4-6-21(15-19)36-10-9-25(38)22-17-30-28(33-27(22)36)32-20-7-8-24(23(29)16-20)35-13-11-34(12-14-35)18(2)37/h3-10,15-17H,1,11-14H2,2H3,(H,31,39)(H,30,32,33). The Balaban J connectivity index is 1.41. The Morgan fingerprint density at radius 3 is 2.56 bits per heavy atom. The molecule has 5 rings (SSSR count). The molecule has 0 atom stereocenters. The molecule has 1 saturated heterocycles. The van der Waals surface area contributed by atoms with E-state index < -0.39 is 5.82 Å². The molecule has 4 aromatic rings. The van der Waals surface area contributed by atoms with E-state index in [1.807, 2.05) is 11.0 Å². The van der Waals surface area contributed by atoms with Gasteiger partial charge in [0.1, 0.15) is 5.82 Å². The second kappa shape index (κ2) is 10.7. The highest BCUT2D eigenvalue weighted by molar-refractivity contribution is 5.99. The Kier molecular flexibility index (Phi) is 7.04. The van der Waals surface area contributed by atoms with Gasteiger partial charge in [0.25, 0.3) is 0 Å². The van der Waals surface area contributed by atoms with Gasteiger partial charge in [-0.2, -0.15) is 4.98 Å². The lowest BCUT2D eigenvalue weighted by molar-refractivity contribution is -0.129. The first kappa shape index (κ1) is 25.6. The minimum atomic E-state index is -0.410. The fraction of sp³-hybridized carbons (Fsp3) is 0.179. The van der Waals surface area contributed by atoms with Crippen molar-refractivity contribution in [2.24, 2.45) is 0 Å². The average Bonchev–Trinajstić information content (AvgIpc) is 2.93. The number of nitrogens with zero attached hydrogens (tertiary/aromatic N) is 5. The van der Waals surface area contributed by atoms with Gasteiger partial charge in [-0.1, -0.05) is 12.6 Å². The predicted molar refractivity (Wildman–Crippen MR) is 148 cm³/mol. The van der Waals surface area contributed by atoms with Gasteiger partial charge in [-0.3, -0.25) is 14.4 Å². The summed E-state index contributed by atoms with van der Waals surface area (Å²) in [6.45, 7) is 7.18. The first-order valence-corrected chi connectivity index (χ1v) is 12.3. The summed E-state index contributed by atoms with van der Waals surface area (Å²) in [4.78, 5) is 48.3. The topological polar surface area (TPSA) is 112 Å². The fourth-order valence-electron chi connectivity index (χ4n) is 4.46. The van der Waals surface area contributed by atoms with Gasteiger partial charge in [-0.15, -0.1) is 0 Å². The van der Waals surface area contributed by atoms with E-state index in [2.05, 4.69) is 27.2 Å². The largest absolute Gasteiger partial charge is 0.366 e. The molecule has 2 N–H and O–H groups in total. The van der Waals surface area contributed by atoms with Gasteiger partial charge in [-0.25, -0.2) is 9.37 Å². The van der Waals surface area contributed by atoms with Crippen LogP contribution in [-0.4, -0.2) is 57.4 Å². The number of anilines is 4. The number of hydrogen-bond acceptors (Lipinski definition) is 7.